The zero-order valence-corrected chi connectivity index (χ0v) is 34.7. The summed E-state index contributed by atoms with van der Waals surface area (Å²) in [4.78, 5) is 21.2. The standard InChI is InChI=1S/C22H24N4O3S.C22H22N4O2/c1-5-30(27,28)25-19-11-18(21-14(2)24-29-15(21)3)12-20-22(19)23-16(4)26(20)13-17-9-7-6-8-10-17;1-13-21(14(2)28-25-13)18-10-19(24-16(4)27)22-20(11-18)26(15(3)23-22)12-17-8-6-5-7-9-17/h6-12,25H,5,13H2,1-4H3;5-11H,12H2,1-4H3,(H,24,27). The number of nitrogens with one attached hydrogen (secondary N) is 2. The Labute approximate surface area is 337 Å². The van der Waals surface area contributed by atoms with Gasteiger partial charge in [-0.25, -0.2) is 18.4 Å². The van der Waals surface area contributed by atoms with Crippen LogP contribution in [-0.2, 0) is 27.9 Å². The number of rotatable bonds is 10. The first-order valence-electron chi connectivity index (χ1n) is 19.0. The lowest BCUT2D eigenvalue weighted by Gasteiger charge is -2.12. The summed E-state index contributed by atoms with van der Waals surface area (Å²) in [5.74, 6) is 2.97. The van der Waals surface area contributed by atoms with Gasteiger partial charge in [0.05, 0.1) is 39.5 Å². The molecule has 14 heteroatoms. The number of benzene rings is 4. The number of amides is 1. The van der Waals surface area contributed by atoms with E-state index in [2.05, 4.69) is 59.8 Å². The zero-order valence-electron chi connectivity index (χ0n) is 33.8. The molecule has 0 atom stereocenters. The van der Waals surface area contributed by atoms with Crippen molar-refractivity contribution in [2.45, 2.75) is 68.5 Å². The van der Waals surface area contributed by atoms with E-state index in [-0.39, 0.29) is 11.7 Å². The summed E-state index contributed by atoms with van der Waals surface area (Å²) in [5.41, 5.74) is 11.8. The van der Waals surface area contributed by atoms with Crippen molar-refractivity contribution in [3.05, 3.63) is 131 Å². The quantitative estimate of drug-likeness (QED) is 0.137. The number of imidazole rings is 2. The van der Waals surface area contributed by atoms with Crippen LogP contribution in [0.5, 0.6) is 0 Å². The molecule has 58 heavy (non-hydrogen) atoms. The predicted molar refractivity (Wildman–Crippen MR) is 227 cm³/mol. The van der Waals surface area contributed by atoms with E-state index >= 15 is 0 Å². The van der Waals surface area contributed by atoms with E-state index in [4.69, 9.17) is 19.0 Å². The summed E-state index contributed by atoms with van der Waals surface area (Å²) >= 11 is 0. The zero-order chi connectivity index (χ0) is 41.3. The molecule has 13 nitrogen and oxygen atoms in total. The van der Waals surface area contributed by atoms with E-state index in [1.54, 1.807) is 13.0 Å². The molecule has 2 N–H and O–H groups in total. The lowest BCUT2D eigenvalue weighted by atomic mass is 10.0. The summed E-state index contributed by atoms with van der Waals surface area (Å²) in [6.07, 6.45) is 0. The summed E-state index contributed by atoms with van der Waals surface area (Å²) in [6, 6.07) is 28.2. The lowest BCUT2D eigenvalue weighted by Crippen LogP contribution is -2.15. The van der Waals surface area contributed by atoms with Gasteiger partial charge in [0.25, 0.3) is 0 Å². The van der Waals surface area contributed by atoms with Gasteiger partial charge in [0, 0.05) is 31.1 Å². The number of aryl methyl sites for hydroxylation is 6. The van der Waals surface area contributed by atoms with E-state index in [0.29, 0.717) is 35.7 Å². The fourth-order valence-electron chi connectivity index (χ4n) is 7.29. The Morgan fingerprint density at radius 2 is 1.09 bits per heavy atom. The van der Waals surface area contributed by atoms with Crippen LogP contribution < -0.4 is 10.0 Å². The van der Waals surface area contributed by atoms with Gasteiger partial charge in [-0.05, 0) is 95.0 Å². The third kappa shape index (κ3) is 8.14. The van der Waals surface area contributed by atoms with Crippen LogP contribution in [0.25, 0.3) is 44.3 Å². The number of carbonyl (C=O) groups is 1. The molecule has 0 aliphatic carbocycles. The highest BCUT2D eigenvalue weighted by Gasteiger charge is 2.21. The largest absolute Gasteiger partial charge is 0.361 e. The van der Waals surface area contributed by atoms with Crippen molar-refractivity contribution >= 4 is 49.4 Å². The first-order chi connectivity index (χ1) is 27.7. The molecule has 8 rings (SSSR count). The van der Waals surface area contributed by atoms with Gasteiger partial charge in [0.15, 0.2) is 0 Å². The van der Waals surface area contributed by atoms with Gasteiger partial charge in [0.2, 0.25) is 15.9 Å². The van der Waals surface area contributed by atoms with Crippen molar-refractivity contribution in [2.24, 2.45) is 0 Å². The molecule has 0 fully saturated rings. The summed E-state index contributed by atoms with van der Waals surface area (Å²) in [6.45, 7) is 15.9. The number of aromatic nitrogens is 6. The van der Waals surface area contributed by atoms with Gasteiger partial charge < -0.3 is 23.5 Å². The fraction of sp³-hybridized carbons (Fsp3) is 0.250. The molecule has 4 aromatic heterocycles. The summed E-state index contributed by atoms with van der Waals surface area (Å²) in [7, 11) is -3.47. The SMILES string of the molecule is CC(=O)Nc1cc(-c2c(C)noc2C)cc2c1nc(C)n2Cc1ccccc1.CCS(=O)(=O)Nc1cc(-c2c(C)noc2C)cc2c1nc(C)n2Cc1ccccc1. The lowest BCUT2D eigenvalue weighted by molar-refractivity contribution is -0.114. The first kappa shape index (κ1) is 39.7. The molecule has 0 bridgehead atoms. The number of sulfonamides is 1. The highest BCUT2D eigenvalue weighted by Crippen LogP contribution is 2.37. The normalized spacial score (nSPS) is 11.5. The number of nitrogens with zero attached hydrogens (tertiary/aromatic N) is 6. The van der Waals surface area contributed by atoms with Gasteiger partial charge in [0.1, 0.15) is 34.2 Å². The average molecular weight is 799 g/mol. The molecular weight excluding hydrogens is 753 g/mol. The molecule has 0 aliphatic heterocycles. The van der Waals surface area contributed by atoms with Crippen molar-refractivity contribution < 1.29 is 22.3 Å². The molecule has 8 aromatic rings. The van der Waals surface area contributed by atoms with Crippen LogP contribution in [0.4, 0.5) is 11.4 Å². The Kier molecular flexibility index (Phi) is 11.0. The maximum Gasteiger partial charge on any atom is 0.232 e. The molecular formula is C44H46N8O5S. The highest BCUT2D eigenvalue weighted by molar-refractivity contribution is 7.92. The van der Waals surface area contributed by atoms with E-state index in [1.807, 2.05) is 90.1 Å². The highest BCUT2D eigenvalue weighted by atomic mass is 32.2. The Morgan fingerprint density at radius 1 is 0.655 bits per heavy atom. The number of anilines is 2. The minimum atomic E-state index is -3.47. The van der Waals surface area contributed by atoms with Crippen molar-refractivity contribution in [1.29, 1.82) is 0 Å². The second-order valence-corrected chi connectivity index (χ2v) is 16.3. The van der Waals surface area contributed by atoms with Gasteiger partial charge in [-0.1, -0.05) is 71.0 Å². The maximum absolute atomic E-state index is 12.4. The Balaban J connectivity index is 0.000000177. The van der Waals surface area contributed by atoms with Gasteiger partial charge in [-0.2, -0.15) is 0 Å². The predicted octanol–water partition coefficient (Wildman–Crippen LogP) is 9.05. The molecule has 0 saturated heterocycles. The Hall–Kier alpha value is -6.54. The van der Waals surface area contributed by atoms with Crippen LogP contribution >= 0.6 is 0 Å². The number of hydrogen-bond acceptors (Lipinski definition) is 9. The molecule has 1 amide bonds. The minimum absolute atomic E-state index is 0.0201. The van der Waals surface area contributed by atoms with Crippen LogP contribution in [-0.4, -0.2) is 49.5 Å². The van der Waals surface area contributed by atoms with Crippen molar-refractivity contribution in [2.75, 3.05) is 15.8 Å². The first-order valence-corrected chi connectivity index (χ1v) is 20.6. The van der Waals surface area contributed by atoms with E-state index in [9.17, 15) is 13.2 Å². The van der Waals surface area contributed by atoms with Crippen LogP contribution in [0.2, 0.25) is 0 Å². The van der Waals surface area contributed by atoms with E-state index in [1.165, 1.54) is 12.5 Å². The number of fused-ring (bicyclic) bond motifs is 2. The topological polar surface area (TPSA) is 163 Å². The molecule has 0 saturated carbocycles. The van der Waals surface area contributed by atoms with Crippen molar-refractivity contribution in [1.82, 2.24) is 29.4 Å². The smallest absolute Gasteiger partial charge is 0.232 e. The minimum Gasteiger partial charge on any atom is -0.361 e. The van der Waals surface area contributed by atoms with Crippen molar-refractivity contribution in [3.8, 4) is 22.3 Å². The molecule has 298 valence electrons. The van der Waals surface area contributed by atoms with E-state index in [0.717, 1.165) is 73.2 Å². The molecule has 0 spiro atoms. The Morgan fingerprint density at radius 3 is 1.48 bits per heavy atom. The molecule has 4 aromatic carbocycles. The van der Waals surface area contributed by atoms with Gasteiger partial charge in [-0.15, -0.1) is 0 Å². The second kappa shape index (κ2) is 16.1. The monoisotopic (exact) mass is 798 g/mol. The van der Waals surface area contributed by atoms with Crippen molar-refractivity contribution in [3.63, 3.8) is 0 Å². The number of carbonyl (C=O) groups excluding carboxylic acids is 1. The van der Waals surface area contributed by atoms with Crippen LogP contribution in [0.15, 0.2) is 94.0 Å². The van der Waals surface area contributed by atoms with E-state index < -0.39 is 10.0 Å². The third-order valence-electron chi connectivity index (χ3n) is 10.1. The van der Waals surface area contributed by atoms with Crippen LogP contribution in [0, 0.1) is 41.5 Å². The summed E-state index contributed by atoms with van der Waals surface area (Å²) < 4.78 is 42.4. The molecule has 0 aliphatic rings. The maximum atomic E-state index is 12.4. The Bertz CT molecular complexity index is 2850. The fourth-order valence-corrected chi connectivity index (χ4v) is 7.93. The average Bonchev–Trinajstić information content (AvgIpc) is 3.91. The van der Waals surface area contributed by atoms with Crippen LogP contribution in [0.1, 0.15) is 59.5 Å². The van der Waals surface area contributed by atoms with Gasteiger partial charge >= 0.3 is 0 Å². The molecule has 0 unspecified atom stereocenters. The van der Waals surface area contributed by atoms with Crippen LogP contribution in [0.3, 0.4) is 0 Å². The molecule has 4 heterocycles. The van der Waals surface area contributed by atoms with Gasteiger partial charge in [-0.3, -0.25) is 9.52 Å². The second-order valence-electron chi connectivity index (χ2n) is 14.3. The molecule has 0 radical (unpaired) electrons. The summed E-state index contributed by atoms with van der Waals surface area (Å²) in [5, 5.41) is 11.1. The number of hydrogen-bond donors (Lipinski definition) is 2. The third-order valence-corrected chi connectivity index (χ3v) is 11.3.